The zero-order chi connectivity index (χ0) is 21.4. The molecule has 0 bridgehead atoms. The zero-order valence-electron chi connectivity index (χ0n) is 17.1. The van der Waals surface area contributed by atoms with Gasteiger partial charge in [0.15, 0.2) is 11.5 Å². The molecule has 158 valence electrons. The molecule has 1 atom stereocenters. The molecule has 0 aliphatic carbocycles. The van der Waals surface area contributed by atoms with Crippen molar-refractivity contribution in [1.29, 1.82) is 0 Å². The Kier molecular flexibility index (Phi) is 8.04. The lowest BCUT2D eigenvalue weighted by molar-refractivity contribution is -0.122. The molecule has 2 aromatic rings. The molecule has 0 aliphatic heterocycles. The van der Waals surface area contributed by atoms with Gasteiger partial charge in [0.05, 0.1) is 19.1 Å². The van der Waals surface area contributed by atoms with Gasteiger partial charge < -0.3 is 14.8 Å². The minimum absolute atomic E-state index is 0.00938. The highest BCUT2D eigenvalue weighted by atomic mass is 32.2. The Balaban J connectivity index is 2.29. The van der Waals surface area contributed by atoms with E-state index in [0.717, 1.165) is 5.56 Å². The number of rotatable bonds is 10. The van der Waals surface area contributed by atoms with Gasteiger partial charge in [0, 0.05) is 12.6 Å². The van der Waals surface area contributed by atoms with Crippen molar-refractivity contribution in [3.8, 4) is 11.5 Å². The third-order valence-electron chi connectivity index (χ3n) is 4.25. The van der Waals surface area contributed by atoms with E-state index in [1.807, 2.05) is 44.2 Å². The molecule has 0 saturated heterocycles. The number of amides is 1. The molecule has 2 N–H and O–H groups in total. The number of nitrogens with one attached hydrogen (secondary N) is 2. The fourth-order valence-electron chi connectivity index (χ4n) is 2.70. The van der Waals surface area contributed by atoms with Crippen molar-refractivity contribution >= 4 is 15.9 Å². The Morgan fingerprint density at radius 2 is 1.66 bits per heavy atom. The van der Waals surface area contributed by atoms with E-state index in [4.69, 9.17) is 9.47 Å². The van der Waals surface area contributed by atoms with Crippen LogP contribution < -0.4 is 19.5 Å². The van der Waals surface area contributed by atoms with E-state index in [0.29, 0.717) is 18.0 Å². The molecule has 2 rings (SSSR count). The molecule has 0 spiro atoms. The second-order valence-corrected chi connectivity index (χ2v) is 8.73. The van der Waals surface area contributed by atoms with E-state index < -0.39 is 16.1 Å². The molecule has 0 aromatic heterocycles. The van der Waals surface area contributed by atoms with Gasteiger partial charge in [-0.1, -0.05) is 44.2 Å². The van der Waals surface area contributed by atoms with Crippen molar-refractivity contribution in [1.82, 2.24) is 10.0 Å². The number of methoxy groups -OCH3 is 2. The van der Waals surface area contributed by atoms with E-state index in [-0.39, 0.29) is 23.1 Å². The van der Waals surface area contributed by atoms with Crippen LogP contribution in [0, 0.1) is 5.92 Å². The Morgan fingerprint density at radius 3 is 2.24 bits per heavy atom. The topological polar surface area (TPSA) is 93.7 Å². The number of sulfonamides is 1. The number of carbonyl (C=O) groups is 1. The zero-order valence-corrected chi connectivity index (χ0v) is 18.0. The normalized spacial score (nSPS) is 12.4. The SMILES string of the molecule is COc1ccc(S(=O)(=O)N[C@@H](Cc2ccccc2)C(=O)NCC(C)C)cc1OC. The number of hydrogen-bond donors (Lipinski definition) is 2. The summed E-state index contributed by atoms with van der Waals surface area (Å²) in [5.41, 5.74) is 0.854. The Bertz CT molecular complexity index is 914. The second-order valence-electron chi connectivity index (χ2n) is 7.02. The first-order valence-electron chi connectivity index (χ1n) is 9.32. The number of ether oxygens (including phenoxy) is 2. The first kappa shape index (κ1) is 22.7. The fourth-order valence-corrected chi connectivity index (χ4v) is 3.92. The lowest BCUT2D eigenvalue weighted by Gasteiger charge is -2.20. The van der Waals surface area contributed by atoms with Crippen LogP contribution in [-0.2, 0) is 21.2 Å². The monoisotopic (exact) mass is 420 g/mol. The molecule has 1 amide bonds. The molecule has 0 aliphatic rings. The molecule has 7 nitrogen and oxygen atoms in total. The third-order valence-corrected chi connectivity index (χ3v) is 5.72. The Morgan fingerprint density at radius 1 is 1.00 bits per heavy atom. The van der Waals surface area contributed by atoms with E-state index in [9.17, 15) is 13.2 Å². The van der Waals surface area contributed by atoms with Crippen LogP contribution in [0.15, 0.2) is 53.4 Å². The van der Waals surface area contributed by atoms with Gasteiger partial charge in [-0.2, -0.15) is 4.72 Å². The smallest absolute Gasteiger partial charge is 0.241 e. The van der Waals surface area contributed by atoms with Crippen LogP contribution in [0.2, 0.25) is 0 Å². The molecular weight excluding hydrogens is 392 g/mol. The summed E-state index contributed by atoms with van der Waals surface area (Å²) in [6.45, 7) is 4.41. The first-order valence-corrected chi connectivity index (χ1v) is 10.8. The van der Waals surface area contributed by atoms with Crippen molar-refractivity contribution in [2.75, 3.05) is 20.8 Å². The molecule has 0 heterocycles. The average Bonchev–Trinajstić information content (AvgIpc) is 2.71. The molecule has 0 unspecified atom stereocenters. The van der Waals surface area contributed by atoms with Crippen molar-refractivity contribution in [2.45, 2.75) is 31.2 Å². The van der Waals surface area contributed by atoms with E-state index in [2.05, 4.69) is 10.0 Å². The van der Waals surface area contributed by atoms with Gasteiger partial charge in [-0.05, 0) is 30.0 Å². The van der Waals surface area contributed by atoms with Crippen LogP contribution in [0.1, 0.15) is 19.4 Å². The van der Waals surface area contributed by atoms with Gasteiger partial charge in [-0.3, -0.25) is 4.79 Å². The van der Waals surface area contributed by atoms with Crippen molar-refractivity contribution in [3.05, 3.63) is 54.1 Å². The minimum atomic E-state index is -3.97. The van der Waals surface area contributed by atoms with Crippen molar-refractivity contribution in [3.63, 3.8) is 0 Å². The maximum absolute atomic E-state index is 13.0. The first-order chi connectivity index (χ1) is 13.8. The molecular formula is C21H28N2O5S. The molecule has 8 heteroatoms. The molecule has 29 heavy (non-hydrogen) atoms. The van der Waals surface area contributed by atoms with Crippen LogP contribution in [0.3, 0.4) is 0 Å². The van der Waals surface area contributed by atoms with Gasteiger partial charge in [0.25, 0.3) is 0 Å². The quantitative estimate of drug-likeness (QED) is 0.615. The largest absolute Gasteiger partial charge is 0.493 e. The minimum Gasteiger partial charge on any atom is -0.493 e. The summed E-state index contributed by atoms with van der Waals surface area (Å²) in [5.74, 6) is 0.589. The van der Waals surface area contributed by atoms with Gasteiger partial charge in [-0.25, -0.2) is 8.42 Å². The van der Waals surface area contributed by atoms with Gasteiger partial charge >= 0.3 is 0 Å². The Hall–Kier alpha value is -2.58. The highest BCUT2D eigenvalue weighted by Crippen LogP contribution is 2.29. The predicted molar refractivity (Wildman–Crippen MR) is 112 cm³/mol. The highest BCUT2D eigenvalue weighted by Gasteiger charge is 2.27. The van der Waals surface area contributed by atoms with Crippen LogP contribution in [0.5, 0.6) is 11.5 Å². The maximum atomic E-state index is 13.0. The van der Waals surface area contributed by atoms with Gasteiger partial charge in [-0.15, -0.1) is 0 Å². The number of benzene rings is 2. The van der Waals surface area contributed by atoms with Crippen molar-refractivity contribution < 1.29 is 22.7 Å². The van der Waals surface area contributed by atoms with Crippen LogP contribution >= 0.6 is 0 Å². The summed E-state index contributed by atoms with van der Waals surface area (Å²) in [7, 11) is -1.07. The number of hydrogen-bond acceptors (Lipinski definition) is 5. The maximum Gasteiger partial charge on any atom is 0.241 e. The Labute approximate surface area is 172 Å². The second kappa shape index (κ2) is 10.3. The molecule has 2 aromatic carbocycles. The summed E-state index contributed by atoms with van der Waals surface area (Å²) in [4.78, 5) is 12.7. The average molecular weight is 421 g/mol. The number of carbonyl (C=O) groups excluding carboxylic acids is 1. The summed E-state index contributed by atoms with van der Waals surface area (Å²) in [5, 5.41) is 2.81. The van der Waals surface area contributed by atoms with E-state index in [1.54, 1.807) is 0 Å². The summed E-state index contributed by atoms with van der Waals surface area (Å²) in [6.07, 6.45) is 0.233. The summed E-state index contributed by atoms with van der Waals surface area (Å²) in [6, 6.07) is 12.6. The van der Waals surface area contributed by atoms with Crippen LogP contribution in [0.25, 0.3) is 0 Å². The third kappa shape index (κ3) is 6.47. The standard InChI is InChI=1S/C21H28N2O5S/c1-15(2)14-22-21(24)18(12-16-8-6-5-7-9-16)23-29(25,26)17-10-11-19(27-3)20(13-17)28-4/h5-11,13,15,18,23H,12,14H2,1-4H3,(H,22,24)/t18-/m0/s1. The van der Waals surface area contributed by atoms with E-state index >= 15 is 0 Å². The van der Waals surface area contributed by atoms with Crippen LogP contribution in [0.4, 0.5) is 0 Å². The molecule has 0 fully saturated rings. The van der Waals surface area contributed by atoms with Gasteiger partial charge in [0.1, 0.15) is 6.04 Å². The summed E-state index contributed by atoms with van der Waals surface area (Å²) < 4.78 is 38.8. The molecule has 0 radical (unpaired) electrons. The lowest BCUT2D eigenvalue weighted by Crippen LogP contribution is -2.48. The van der Waals surface area contributed by atoms with Crippen molar-refractivity contribution in [2.24, 2.45) is 5.92 Å². The highest BCUT2D eigenvalue weighted by molar-refractivity contribution is 7.89. The fraction of sp³-hybridized carbons (Fsp3) is 0.381. The molecule has 0 saturated carbocycles. The van der Waals surface area contributed by atoms with E-state index in [1.165, 1.54) is 32.4 Å². The summed E-state index contributed by atoms with van der Waals surface area (Å²) >= 11 is 0. The lowest BCUT2D eigenvalue weighted by atomic mass is 10.1. The van der Waals surface area contributed by atoms with Crippen LogP contribution in [-0.4, -0.2) is 41.1 Å². The van der Waals surface area contributed by atoms with Gasteiger partial charge in [0.2, 0.25) is 15.9 Å². The predicted octanol–water partition coefficient (Wildman–Crippen LogP) is 2.37.